The third kappa shape index (κ3) is 3.05. The summed E-state index contributed by atoms with van der Waals surface area (Å²) in [5, 5.41) is 3.94. The maximum atomic E-state index is 12.4. The minimum absolute atomic E-state index is 0.0358. The molecule has 1 fully saturated rings. The van der Waals surface area contributed by atoms with Gasteiger partial charge < -0.3 is 11.1 Å². The molecule has 0 radical (unpaired) electrons. The van der Waals surface area contributed by atoms with Crippen molar-refractivity contribution in [2.45, 2.75) is 31.7 Å². The number of nitrogens with one attached hydrogen (secondary N) is 1. The number of nitrogens with zero attached hydrogens (tertiary/aromatic N) is 1. The van der Waals surface area contributed by atoms with Crippen LogP contribution in [0.2, 0.25) is 0 Å². The molecule has 1 saturated carbocycles. The number of para-hydroxylation sites is 1. The fourth-order valence-corrected chi connectivity index (χ4v) is 3.10. The topological polar surface area (TPSA) is 68.0 Å². The summed E-state index contributed by atoms with van der Waals surface area (Å²) in [6, 6.07) is 9.70. The molecule has 4 nitrogen and oxygen atoms in total. The number of aromatic nitrogens is 1. The van der Waals surface area contributed by atoms with Crippen LogP contribution in [-0.2, 0) is 0 Å². The van der Waals surface area contributed by atoms with Gasteiger partial charge in [0.15, 0.2) is 0 Å². The minimum atomic E-state index is -0.0358. The Morgan fingerprint density at radius 1 is 1.24 bits per heavy atom. The van der Waals surface area contributed by atoms with Crippen molar-refractivity contribution in [3.05, 3.63) is 42.1 Å². The number of carbonyl (C=O) groups is 1. The molecule has 21 heavy (non-hydrogen) atoms. The second-order valence-corrected chi connectivity index (χ2v) is 5.79. The predicted octanol–water partition coefficient (Wildman–Crippen LogP) is 2.48. The highest BCUT2D eigenvalue weighted by Crippen LogP contribution is 2.22. The SMILES string of the molecule is NC1CCCCC1CNC(=O)c1ccnc2ccccc12. The first-order valence-corrected chi connectivity index (χ1v) is 7.63. The van der Waals surface area contributed by atoms with Gasteiger partial charge in [0, 0.05) is 24.2 Å². The molecule has 1 aliphatic rings. The van der Waals surface area contributed by atoms with E-state index >= 15 is 0 Å². The van der Waals surface area contributed by atoms with Crippen molar-refractivity contribution in [1.29, 1.82) is 0 Å². The van der Waals surface area contributed by atoms with Crippen LogP contribution in [0.3, 0.4) is 0 Å². The van der Waals surface area contributed by atoms with Gasteiger partial charge in [-0.05, 0) is 30.9 Å². The maximum absolute atomic E-state index is 12.4. The van der Waals surface area contributed by atoms with Crippen molar-refractivity contribution in [2.75, 3.05) is 6.54 Å². The van der Waals surface area contributed by atoms with E-state index in [4.69, 9.17) is 5.73 Å². The van der Waals surface area contributed by atoms with Gasteiger partial charge in [-0.15, -0.1) is 0 Å². The summed E-state index contributed by atoms with van der Waals surface area (Å²) in [6.07, 6.45) is 6.29. The van der Waals surface area contributed by atoms with Gasteiger partial charge in [0.2, 0.25) is 0 Å². The first-order chi connectivity index (χ1) is 10.3. The molecular formula is C17H21N3O. The number of amides is 1. The van der Waals surface area contributed by atoms with Crippen LogP contribution in [-0.4, -0.2) is 23.5 Å². The molecule has 2 aromatic rings. The molecule has 2 atom stereocenters. The molecule has 4 heteroatoms. The Morgan fingerprint density at radius 3 is 2.90 bits per heavy atom. The third-order valence-electron chi connectivity index (χ3n) is 4.39. The Balaban J connectivity index is 1.72. The summed E-state index contributed by atoms with van der Waals surface area (Å²) in [6.45, 7) is 0.663. The molecule has 1 aromatic heterocycles. The van der Waals surface area contributed by atoms with Crippen LogP contribution in [0.25, 0.3) is 10.9 Å². The second kappa shape index (κ2) is 6.22. The first-order valence-electron chi connectivity index (χ1n) is 7.63. The molecule has 2 unspecified atom stereocenters. The van der Waals surface area contributed by atoms with Crippen LogP contribution in [0.4, 0.5) is 0 Å². The Kier molecular flexibility index (Phi) is 4.15. The lowest BCUT2D eigenvalue weighted by atomic mass is 9.85. The van der Waals surface area contributed by atoms with E-state index in [1.54, 1.807) is 12.3 Å². The minimum Gasteiger partial charge on any atom is -0.352 e. The van der Waals surface area contributed by atoms with Crippen molar-refractivity contribution < 1.29 is 4.79 Å². The fourth-order valence-electron chi connectivity index (χ4n) is 3.10. The van der Waals surface area contributed by atoms with Crippen molar-refractivity contribution in [3.63, 3.8) is 0 Å². The highest BCUT2D eigenvalue weighted by molar-refractivity contribution is 6.05. The maximum Gasteiger partial charge on any atom is 0.252 e. The molecule has 3 N–H and O–H groups in total. The third-order valence-corrected chi connectivity index (χ3v) is 4.39. The van der Waals surface area contributed by atoms with E-state index in [2.05, 4.69) is 10.3 Å². The number of nitrogens with two attached hydrogens (primary N) is 1. The summed E-state index contributed by atoms with van der Waals surface area (Å²) >= 11 is 0. The number of hydrogen-bond acceptors (Lipinski definition) is 3. The van der Waals surface area contributed by atoms with Crippen molar-refractivity contribution in [3.8, 4) is 0 Å². The van der Waals surface area contributed by atoms with E-state index in [1.165, 1.54) is 12.8 Å². The molecular weight excluding hydrogens is 262 g/mol. The zero-order valence-electron chi connectivity index (χ0n) is 12.1. The van der Waals surface area contributed by atoms with Crippen LogP contribution in [0.15, 0.2) is 36.5 Å². The van der Waals surface area contributed by atoms with Gasteiger partial charge in [0.05, 0.1) is 11.1 Å². The molecule has 110 valence electrons. The highest BCUT2D eigenvalue weighted by atomic mass is 16.1. The van der Waals surface area contributed by atoms with Gasteiger partial charge >= 0.3 is 0 Å². The zero-order chi connectivity index (χ0) is 14.7. The molecule has 0 aliphatic heterocycles. The smallest absolute Gasteiger partial charge is 0.252 e. The van der Waals surface area contributed by atoms with Crippen LogP contribution in [0.5, 0.6) is 0 Å². The van der Waals surface area contributed by atoms with E-state index in [0.29, 0.717) is 18.0 Å². The number of pyridine rings is 1. The van der Waals surface area contributed by atoms with Gasteiger partial charge in [-0.3, -0.25) is 9.78 Å². The normalized spacial score (nSPS) is 22.1. The summed E-state index contributed by atoms with van der Waals surface area (Å²) in [5.41, 5.74) is 7.67. The average molecular weight is 283 g/mol. The summed E-state index contributed by atoms with van der Waals surface area (Å²) in [5.74, 6) is 0.363. The molecule has 1 aromatic carbocycles. The van der Waals surface area contributed by atoms with Crippen molar-refractivity contribution in [2.24, 2.45) is 11.7 Å². The van der Waals surface area contributed by atoms with Crippen LogP contribution in [0, 0.1) is 5.92 Å². The monoisotopic (exact) mass is 283 g/mol. The Morgan fingerprint density at radius 2 is 2.05 bits per heavy atom. The average Bonchev–Trinajstić information content (AvgIpc) is 2.53. The fraction of sp³-hybridized carbons (Fsp3) is 0.412. The largest absolute Gasteiger partial charge is 0.352 e. The molecule has 0 saturated heterocycles. The number of rotatable bonds is 3. The molecule has 1 aliphatic carbocycles. The molecule has 0 bridgehead atoms. The number of benzene rings is 1. The molecule has 1 amide bonds. The van der Waals surface area contributed by atoms with E-state index in [-0.39, 0.29) is 11.9 Å². The van der Waals surface area contributed by atoms with E-state index in [0.717, 1.165) is 23.7 Å². The second-order valence-electron chi connectivity index (χ2n) is 5.79. The van der Waals surface area contributed by atoms with Gasteiger partial charge in [-0.25, -0.2) is 0 Å². The van der Waals surface area contributed by atoms with Crippen LogP contribution < -0.4 is 11.1 Å². The van der Waals surface area contributed by atoms with Gasteiger partial charge in [0.1, 0.15) is 0 Å². The van der Waals surface area contributed by atoms with Crippen molar-refractivity contribution in [1.82, 2.24) is 10.3 Å². The highest BCUT2D eigenvalue weighted by Gasteiger charge is 2.22. The number of carbonyl (C=O) groups excluding carboxylic acids is 1. The lowest BCUT2D eigenvalue weighted by Crippen LogP contribution is -2.41. The summed E-state index contributed by atoms with van der Waals surface area (Å²) in [4.78, 5) is 16.7. The Hall–Kier alpha value is -1.94. The standard InChI is InChI=1S/C17H21N3O/c18-15-7-3-1-5-12(15)11-20-17(21)14-9-10-19-16-8-4-2-6-13(14)16/h2,4,6,8-10,12,15H,1,3,5,7,11,18H2,(H,20,21). The van der Waals surface area contributed by atoms with Gasteiger partial charge in [-0.2, -0.15) is 0 Å². The van der Waals surface area contributed by atoms with Gasteiger partial charge in [0.25, 0.3) is 5.91 Å². The summed E-state index contributed by atoms with van der Waals surface area (Å²) in [7, 11) is 0. The van der Waals surface area contributed by atoms with Crippen molar-refractivity contribution >= 4 is 16.8 Å². The predicted molar refractivity (Wildman–Crippen MR) is 84.0 cm³/mol. The molecule has 3 rings (SSSR count). The lowest BCUT2D eigenvalue weighted by Gasteiger charge is -2.28. The van der Waals surface area contributed by atoms with E-state index < -0.39 is 0 Å². The zero-order valence-corrected chi connectivity index (χ0v) is 12.1. The molecule has 1 heterocycles. The Labute approximate surface area is 124 Å². The molecule has 0 spiro atoms. The van der Waals surface area contributed by atoms with E-state index in [9.17, 15) is 4.79 Å². The lowest BCUT2D eigenvalue weighted by molar-refractivity contribution is 0.0943. The van der Waals surface area contributed by atoms with Gasteiger partial charge in [-0.1, -0.05) is 31.0 Å². The summed E-state index contributed by atoms with van der Waals surface area (Å²) < 4.78 is 0. The quantitative estimate of drug-likeness (QED) is 0.909. The first kappa shape index (κ1) is 14.0. The van der Waals surface area contributed by atoms with Crippen LogP contribution in [0.1, 0.15) is 36.0 Å². The van der Waals surface area contributed by atoms with Crippen LogP contribution >= 0.6 is 0 Å². The Bertz CT molecular complexity index is 635. The van der Waals surface area contributed by atoms with E-state index in [1.807, 2.05) is 24.3 Å². The number of hydrogen-bond donors (Lipinski definition) is 2. The number of fused-ring (bicyclic) bond motifs is 1.